The summed E-state index contributed by atoms with van der Waals surface area (Å²) < 4.78 is 27.4. The Labute approximate surface area is 126 Å². The molecule has 0 bridgehead atoms. The zero-order valence-electron chi connectivity index (χ0n) is 13.6. The van der Waals surface area contributed by atoms with Crippen molar-refractivity contribution >= 4 is 0 Å². The Morgan fingerprint density at radius 1 is 1.29 bits per heavy atom. The predicted octanol–water partition coefficient (Wildman–Crippen LogP) is 3.56. The summed E-state index contributed by atoms with van der Waals surface area (Å²) in [5.41, 5.74) is 0.487. The van der Waals surface area contributed by atoms with Crippen LogP contribution in [0, 0.1) is 17.0 Å². The Kier molecular flexibility index (Phi) is 4.41. The SMILES string of the molecule is CC1(C)CN(Cc2cccc(F)c2F)C(C(C)(C)C)CN1. The normalized spacial score (nSPS) is 23.3. The molecule has 1 fully saturated rings. The zero-order valence-corrected chi connectivity index (χ0v) is 13.6. The number of hydrogen-bond acceptors (Lipinski definition) is 2. The van der Waals surface area contributed by atoms with Gasteiger partial charge in [-0.25, -0.2) is 8.78 Å². The number of piperazine rings is 1. The van der Waals surface area contributed by atoms with Crippen LogP contribution in [0.5, 0.6) is 0 Å². The van der Waals surface area contributed by atoms with Gasteiger partial charge in [0.05, 0.1) is 0 Å². The van der Waals surface area contributed by atoms with Gasteiger partial charge in [0.15, 0.2) is 11.6 Å². The van der Waals surface area contributed by atoms with Crippen molar-refractivity contribution < 1.29 is 8.78 Å². The van der Waals surface area contributed by atoms with Gasteiger partial charge in [0.25, 0.3) is 0 Å². The van der Waals surface area contributed by atoms with Gasteiger partial charge >= 0.3 is 0 Å². The molecule has 1 atom stereocenters. The minimum absolute atomic E-state index is 0.0223. The molecule has 0 aromatic heterocycles. The number of halogens is 2. The number of nitrogens with one attached hydrogen (secondary N) is 1. The highest BCUT2D eigenvalue weighted by Gasteiger charge is 2.38. The Balaban J connectivity index is 2.26. The quantitative estimate of drug-likeness (QED) is 0.897. The number of hydrogen-bond donors (Lipinski definition) is 1. The van der Waals surface area contributed by atoms with E-state index in [4.69, 9.17) is 0 Å². The van der Waals surface area contributed by atoms with E-state index >= 15 is 0 Å². The monoisotopic (exact) mass is 296 g/mol. The van der Waals surface area contributed by atoms with Gasteiger partial charge in [0.2, 0.25) is 0 Å². The third-order valence-electron chi connectivity index (χ3n) is 4.22. The van der Waals surface area contributed by atoms with Crippen molar-refractivity contribution in [1.82, 2.24) is 10.2 Å². The van der Waals surface area contributed by atoms with E-state index in [-0.39, 0.29) is 17.0 Å². The van der Waals surface area contributed by atoms with Crippen LogP contribution < -0.4 is 5.32 Å². The van der Waals surface area contributed by atoms with Gasteiger partial charge in [0.1, 0.15) is 0 Å². The van der Waals surface area contributed by atoms with Crippen LogP contribution in [-0.4, -0.2) is 29.6 Å². The summed E-state index contributed by atoms with van der Waals surface area (Å²) >= 11 is 0. The first kappa shape index (κ1) is 16.4. The van der Waals surface area contributed by atoms with Crippen LogP contribution in [0.25, 0.3) is 0 Å². The predicted molar refractivity (Wildman–Crippen MR) is 82.1 cm³/mol. The second kappa shape index (κ2) is 5.65. The highest BCUT2D eigenvalue weighted by atomic mass is 19.2. The molecule has 0 amide bonds. The largest absolute Gasteiger partial charge is 0.309 e. The van der Waals surface area contributed by atoms with Crippen LogP contribution in [0.15, 0.2) is 18.2 Å². The van der Waals surface area contributed by atoms with Gasteiger partial charge < -0.3 is 5.32 Å². The fourth-order valence-electron chi connectivity index (χ4n) is 3.09. The molecule has 1 saturated heterocycles. The lowest BCUT2D eigenvalue weighted by Crippen LogP contribution is -2.64. The van der Waals surface area contributed by atoms with Crippen molar-refractivity contribution in [3.05, 3.63) is 35.4 Å². The van der Waals surface area contributed by atoms with Crippen molar-refractivity contribution in [2.75, 3.05) is 13.1 Å². The highest BCUT2D eigenvalue weighted by Crippen LogP contribution is 2.30. The van der Waals surface area contributed by atoms with Crippen LogP contribution in [0.3, 0.4) is 0 Å². The van der Waals surface area contributed by atoms with Crippen LogP contribution in [0.4, 0.5) is 8.78 Å². The maximum atomic E-state index is 14.0. The van der Waals surface area contributed by atoms with Crippen LogP contribution in [0.1, 0.15) is 40.2 Å². The topological polar surface area (TPSA) is 15.3 Å². The maximum Gasteiger partial charge on any atom is 0.163 e. The number of rotatable bonds is 2. The molecule has 1 aromatic carbocycles. The molecule has 0 aliphatic carbocycles. The lowest BCUT2D eigenvalue weighted by molar-refractivity contribution is 0.0263. The summed E-state index contributed by atoms with van der Waals surface area (Å²) in [5, 5.41) is 3.55. The van der Waals surface area contributed by atoms with E-state index in [9.17, 15) is 8.78 Å². The zero-order chi connectivity index (χ0) is 15.8. The third-order valence-corrected chi connectivity index (χ3v) is 4.22. The molecule has 118 valence electrons. The average molecular weight is 296 g/mol. The van der Waals surface area contributed by atoms with Gasteiger partial charge in [-0.15, -0.1) is 0 Å². The molecule has 21 heavy (non-hydrogen) atoms. The smallest absolute Gasteiger partial charge is 0.163 e. The Hall–Kier alpha value is -1.00. The lowest BCUT2D eigenvalue weighted by atomic mass is 9.82. The molecule has 1 aliphatic rings. The first-order chi connectivity index (χ1) is 9.60. The summed E-state index contributed by atoms with van der Waals surface area (Å²) in [7, 11) is 0. The van der Waals surface area contributed by atoms with E-state index in [2.05, 4.69) is 44.8 Å². The lowest BCUT2D eigenvalue weighted by Gasteiger charge is -2.49. The van der Waals surface area contributed by atoms with E-state index in [1.54, 1.807) is 12.1 Å². The molecule has 1 aromatic rings. The second-order valence-corrected chi connectivity index (χ2v) is 7.76. The summed E-state index contributed by atoms with van der Waals surface area (Å²) in [4.78, 5) is 2.27. The minimum Gasteiger partial charge on any atom is -0.309 e. The van der Waals surface area contributed by atoms with Crippen LogP contribution in [0.2, 0.25) is 0 Å². The highest BCUT2D eigenvalue weighted by molar-refractivity contribution is 5.19. The molecule has 2 nitrogen and oxygen atoms in total. The van der Waals surface area contributed by atoms with E-state index in [1.807, 2.05) is 0 Å². The number of benzene rings is 1. The van der Waals surface area contributed by atoms with Gasteiger partial charge in [-0.2, -0.15) is 0 Å². The number of nitrogens with zero attached hydrogens (tertiary/aromatic N) is 1. The second-order valence-electron chi connectivity index (χ2n) is 7.76. The molecule has 0 spiro atoms. The van der Waals surface area contributed by atoms with E-state index in [0.717, 1.165) is 13.1 Å². The molecule has 1 heterocycles. The molecule has 4 heteroatoms. The van der Waals surface area contributed by atoms with E-state index < -0.39 is 11.6 Å². The summed E-state index contributed by atoms with van der Waals surface area (Å²) in [6.45, 7) is 12.9. The summed E-state index contributed by atoms with van der Waals surface area (Å²) in [6, 6.07) is 4.70. The van der Waals surface area contributed by atoms with Crippen molar-refractivity contribution in [3.63, 3.8) is 0 Å². The average Bonchev–Trinajstić information content (AvgIpc) is 2.32. The first-order valence-electron chi connectivity index (χ1n) is 7.52. The Morgan fingerprint density at radius 3 is 2.57 bits per heavy atom. The molecule has 2 rings (SSSR count). The van der Waals surface area contributed by atoms with E-state index in [1.165, 1.54) is 6.07 Å². The Bertz CT molecular complexity index is 506. The van der Waals surface area contributed by atoms with Gasteiger partial charge in [-0.1, -0.05) is 32.9 Å². The molecule has 1 N–H and O–H groups in total. The first-order valence-corrected chi connectivity index (χ1v) is 7.52. The Morgan fingerprint density at radius 2 is 1.95 bits per heavy atom. The summed E-state index contributed by atoms with van der Waals surface area (Å²) in [5.74, 6) is -1.49. The third kappa shape index (κ3) is 3.80. The molecular weight excluding hydrogens is 270 g/mol. The van der Waals surface area contributed by atoms with Gasteiger partial charge in [-0.3, -0.25) is 4.90 Å². The van der Waals surface area contributed by atoms with Gasteiger partial charge in [-0.05, 0) is 25.3 Å². The van der Waals surface area contributed by atoms with Crippen LogP contribution in [-0.2, 0) is 6.54 Å². The van der Waals surface area contributed by atoms with Crippen molar-refractivity contribution in [1.29, 1.82) is 0 Å². The van der Waals surface area contributed by atoms with Crippen LogP contribution >= 0.6 is 0 Å². The molecule has 1 unspecified atom stereocenters. The molecule has 0 saturated carbocycles. The summed E-state index contributed by atoms with van der Waals surface area (Å²) in [6.07, 6.45) is 0. The van der Waals surface area contributed by atoms with Crippen molar-refractivity contribution in [2.24, 2.45) is 5.41 Å². The molecule has 1 aliphatic heterocycles. The molecule has 0 radical (unpaired) electrons. The van der Waals surface area contributed by atoms with Gasteiger partial charge in [0, 0.05) is 36.8 Å². The standard InChI is InChI=1S/C17H26F2N2/c1-16(2,3)14-9-20-17(4,5)11-21(14)10-12-7-6-8-13(18)15(12)19/h6-8,14,20H,9-11H2,1-5H3. The fourth-order valence-corrected chi connectivity index (χ4v) is 3.09. The van der Waals surface area contributed by atoms with Crippen molar-refractivity contribution in [2.45, 2.75) is 52.7 Å². The molecular formula is C17H26F2N2. The minimum atomic E-state index is -0.769. The fraction of sp³-hybridized carbons (Fsp3) is 0.647. The van der Waals surface area contributed by atoms with Crippen molar-refractivity contribution in [3.8, 4) is 0 Å². The van der Waals surface area contributed by atoms with E-state index in [0.29, 0.717) is 12.1 Å². The maximum absolute atomic E-state index is 14.0.